The summed E-state index contributed by atoms with van der Waals surface area (Å²) in [4.78, 5) is 13.1. The topological polar surface area (TPSA) is 58.2 Å². The van der Waals surface area contributed by atoms with Crippen molar-refractivity contribution in [2.45, 2.75) is 44.0 Å². The van der Waals surface area contributed by atoms with Gasteiger partial charge in [-0.1, -0.05) is 36.2 Å². The van der Waals surface area contributed by atoms with Crippen molar-refractivity contribution in [1.82, 2.24) is 4.72 Å². The van der Waals surface area contributed by atoms with Crippen molar-refractivity contribution in [1.29, 1.82) is 0 Å². The zero-order chi connectivity index (χ0) is 19.1. The molecule has 0 bridgehead atoms. The number of hydrogen-bond donors (Lipinski definition) is 2. The van der Waals surface area contributed by atoms with Crippen molar-refractivity contribution < 1.29 is 9.00 Å². The van der Waals surface area contributed by atoms with Crippen LogP contribution in [0.25, 0.3) is 0 Å². The molecule has 0 aliphatic carbocycles. The van der Waals surface area contributed by atoms with E-state index in [2.05, 4.69) is 55.7 Å². The molecule has 2 aromatic carbocycles. The number of hydrogen-bond acceptors (Lipinski definition) is 2. The molecule has 7 heteroatoms. The minimum Gasteiger partial charge on any atom is -0.322 e. The molecule has 2 unspecified atom stereocenters. The first kappa shape index (κ1) is 21.3. The van der Waals surface area contributed by atoms with Crippen LogP contribution in [0.4, 0.5) is 5.69 Å². The Bertz CT molecular complexity index is 782. The molecule has 0 radical (unpaired) electrons. The van der Waals surface area contributed by atoms with Crippen molar-refractivity contribution in [2.24, 2.45) is 0 Å². The number of nitrogens with one attached hydrogen (secondary N) is 2. The Morgan fingerprint density at radius 3 is 2.42 bits per heavy atom. The van der Waals surface area contributed by atoms with Crippen LogP contribution in [0.2, 0.25) is 0 Å². The van der Waals surface area contributed by atoms with Gasteiger partial charge in [0, 0.05) is 26.2 Å². The van der Waals surface area contributed by atoms with E-state index < -0.39 is 11.0 Å². The largest absolute Gasteiger partial charge is 0.322 e. The molecule has 2 N–H and O–H groups in total. The molecular formula is C19H22Br2N2O2S. The van der Waals surface area contributed by atoms with Crippen LogP contribution in [-0.4, -0.2) is 16.2 Å². The SMILES string of the molecule is CCCC(CC)NS(=O)c1cc(C(=O)Nc2ccc(Br)cc2)ccc1Br. The van der Waals surface area contributed by atoms with Gasteiger partial charge in [0.15, 0.2) is 0 Å². The first-order chi connectivity index (χ1) is 12.4. The third-order valence-electron chi connectivity index (χ3n) is 3.90. The number of anilines is 1. The van der Waals surface area contributed by atoms with Gasteiger partial charge in [-0.2, -0.15) is 0 Å². The standard InChI is InChI=1S/C19H22Br2N2O2S/c1-3-5-15(4-2)23-26(25)18-12-13(6-11-17(18)21)19(24)22-16-9-7-14(20)8-10-16/h6-12,15,23H,3-5H2,1-2H3,(H,22,24). The second kappa shape index (κ2) is 10.3. The molecule has 4 nitrogen and oxygen atoms in total. The Morgan fingerprint density at radius 1 is 1.12 bits per heavy atom. The molecule has 2 aromatic rings. The van der Waals surface area contributed by atoms with Crippen LogP contribution >= 0.6 is 31.9 Å². The molecule has 0 aliphatic rings. The van der Waals surface area contributed by atoms with E-state index in [0.29, 0.717) is 16.1 Å². The predicted octanol–water partition coefficient (Wildman–Crippen LogP) is 5.65. The minimum absolute atomic E-state index is 0.188. The van der Waals surface area contributed by atoms with E-state index in [9.17, 15) is 9.00 Å². The maximum atomic E-state index is 12.7. The minimum atomic E-state index is -1.39. The lowest BCUT2D eigenvalue weighted by Gasteiger charge is -2.16. The quantitative estimate of drug-likeness (QED) is 0.490. The van der Waals surface area contributed by atoms with E-state index >= 15 is 0 Å². The Hall–Kier alpha value is -1.02. The number of rotatable bonds is 8. The van der Waals surface area contributed by atoms with Crippen LogP contribution in [-0.2, 0) is 11.0 Å². The Labute approximate surface area is 174 Å². The highest BCUT2D eigenvalue weighted by Crippen LogP contribution is 2.23. The number of carbonyl (C=O) groups excluding carboxylic acids is 1. The van der Waals surface area contributed by atoms with Crippen molar-refractivity contribution in [3.05, 3.63) is 57.0 Å². The fraction of sp³-hybridized carbons (Fsp3) is 0.316. The van der Waals surface area contributed by atoms with Crippen LogP contribution in [0.3, 0.4) is 0 Å². The molecule has 2 atom stereocenters. The molecule has 1 amide bonds. The molecule has 0 fully saturated rings. The van der Waals surface area contributed by atoms with Gasteiger partial charge < -0.3 is 5.32 Å². The van der Waals surface area contributed by atoms with Crippen LogP contribution < -0.4 is 10.0 Å². The van der Waals surface area contributed by atoms with Gasteiger partial charge in [0.2, 0.25) is 0 Å². The van der Waals surface area contributed by atoms with Gasteiger partial charge in [-0.25, -0.2) is 8.93 Å². The molecular weight excluding hydrogens is 480 g/mol. The summed E-state index contributed by atoms with van der Waals surface area (Å²) < 4.78 is 17.5. The van der Waals surface area contributed by atoms with E-state index in [1.54, 1.807) is 18.2 Å². The summed E-state index contributed by atoms with van der Waals surface area (Å²) in [5, 5.41) is 2.85. The molecule has 26 heavy (non-hydrogen) atoms. The summed E-state index contributed by atoms with van der Waals surface area (Å²) in [5.74, 6) is -0.237. The summed E-state index contributed by atoms with van der Waals surface area (Å²) in [7, 11) is -1.39. The lowest BCUT2D eigenvalue weighted by Crippen LogP contribution is -2.30. The second-order valence-corrected chi connectivity index (χ2v) is 8.87. The molecule has 0 saturated carbocycles. The average Bonchev–Trinajstić information content (AvgIpc) is 2.63. The van der Waals surface area contributed by atoms with Crippen LogP contribution in [0.5, 0.6) is 0 Å². The van der Waals surface area contributed by atoms with Gasteiger partial charge in [-0.15, -0.1) is 0 Å². The normalized spacial score (nSPS) is 13.2. The van der Waals surface area contributed by atoms with Gasteiger partial charge in [-0.05, 0) is 71.2 Å². The van der Waals surface area contributed by atoms with Crippen LogP contribution in [0, 0.1) is 0 Å². The van der Waals surface area contributed by atoms with Crippen molar-refractivity contribution in [3.63, 3.8) is 0 Å². The van der Waals surface area contributed by atoms with Crippen molar-refractivity contribution in [2.75, 3.05) is 5.32 Å². The molecule has 0 aliphatic heterocycles. The third-order valence-corrected chi connectivity index (χ3v) is 6.67. The molecule has 0 heterocycles. The van der Waals surface area contributed by atoms with E-state index in [-0.39, 0.29) is 11.9 Å². The first-order valence-electron chi connectivity index (χ1n) is 8.49. The fourth-order valence-electron chi connectivity index (χ4n) is 2.43. The third kappa shape index (κ3) is 6.01. The number of amides is 1. The average molecular weight is 502 g/mol. The Balaban J connectivity index is 2.16. The van der Waals surface area contributed by atoms with Crippen LogP contribution in [0.1, 0.15) is 43.5 Å². The van der Waals surface area contributed by atoms with Crippen LogP contribution in [0.15, 0.2) is 56.3 Å². The van der Waals surface area contributed by atoms with Gasteiger partial charge in [0.1, 0.15) is 11.0 Å². The number of halogens is 2. The maximum Gasteiger partial charge on any atom is 0.255 e. The fourth-order valence-corrected chi connectivity index (χ4v) is 4.58. The molecule has 0 spiro atoms. The Kier molecular flexibility index (Phi) is 8.47. The second-order valence-electron chi connectivity index (χ2n) is 5.89. The summed E-state index contributed by atoms with van der Waals surface area (Å²) in [5.41, 5.74) is 1.17. The smallest absolute Gasteiger partial charge is 0.255 e. The van der Waals surface area contributed by atoms with Gasteiger partial charge in [-0.3, -0.25) is 4.79 Å². The van der Waals surface area contributed by atoms with Gasteiger partial charge in [0.25, 0.3) is 5.91 Å². The molecule has 0 aromatic heterocycles. The number of carbonyl (C=O) groups is 1. The monoisotopic (exact) mass is 500 g/mol. The highest BCUT2D eigenvalue weighted by molar-refractivity contribution is 9.10. The summed E-state index contributed by atoms with van der Waals surface area (Å²) in [6.45, 7) is 4.18. The van der Waals surface area contributed by atoms with E-state index in [1.165, 1.54) is 0 Å². The Morgan fingerprint density at radius 2 is 1.81 bits per heavy atom. The van der Waals surface area contributed by atoms with E-state index in [0.717, 1.165) is 28.2 Å². The number of benzene rings is 2. The zero-order valence-electron chi connectivity index (χ0n) is 14.7. The van der Waals surface area contributed by atoms with Gasteiger partial charge in [0.05, 0.1) is 4.90 Å². The van der Waals surface area contributed by atoms with Crippen molar-refractivity contribution >= 4 is 54.4 Å². The highest BCUT2D eigenvalue weighted by Gasteiger charge is 2.16. The maximum absolute atomic E-state index is 12.7. The van der Waals surface area contributed by atoms with E-state index in [1.807, 2.05) is 24.3 Å². The van der Waals surface area contributed by atoms with Crippen molar-refractivity contribution in [3.8, 4) is 0 Å². The lowest BCUT2D eigenvalue weighted by molar-refractivity contribution is 0.102. The molecule has 2 rings (SSSR count). The predicted molar refractivity (Wildman–Crippen MR) is 115 cm³/mol. The first-order valence-corrected chi connectivity index (χ1v) is 11.2. The van der Waals surface area contributed by atoms with E-state index in [4.69, 9.17) is 0 Å². The zero-order valence-corrected chi connectivity index (χ0v) is 18.7. The lowest BCUT2D eigenvalue weighted by atomic mass is 10.1. The summed E-state index contributed by atoms with van der Waals surface area (Å²) in [6, 6.07) is 12.7. The summed E-state index contributed by atoms with van der Waals surface area (Å²) in [6.07, 6.45) is 2.89. The van der Waals surface area contributed by atoms with Gasteiger partial charge >= 0.3 is 0 Å². The summed E-state index contributed by atoms with van der Waals surface area (Å²) >= 11 is 6.80. The molecule has 0 saturated heterocycles. The molecule has 140 valence electrons. The highest BCUT2D eigenvalue weighted by atomic mass is 79.9.